The zero-order valence-electron chi connectivity index (χ0n) is 16.6. The second-order valence-corrected chi connectivity index (χ2v) is 8.35. The fourth-order valence-electron chi connectivity index (χ4n) is 2.85. The molecule has 0 spiro atoms. The molecule has 0 aliphatic rings. The van der Waals surface area contributed by atoms with E-state index in [2.05, 4.69) is 42.9 Å². The molecule has 1 aromatic heterocycles. The van der Waals surface area contributed by atoms with E-state index in [4.69, 9.17) is 9.15 Å². The number of hydrogen-bond donors (Lipinski definition) is 1. The van der Waals surface area contributed by atoms with Crippen LogP contribution in [0.5, 0.6) is 5.75 Å². The first-order chi connectivity index (χ1) is 15.1. The van der Waals surface area contributed by atoms with Gasteiger partial charge >= 0.3 is 7.25 Å². The number of hydrogen-bond acceptors (Lipinski definition) is 2. The van der Waals surface area contributed by atoms with Crippen LogP contribution in [-0.4, -0.2) is 14.4 Å². The molecule has 0 unspecified atom stereocenters. The second kappa shape index (κ2) is 10.4. The topological polar surface area (TPSA) is 36.3 Å². The Hall–Kier alpha value is -2.59. The molecule has 0 bridgehead atoms. The van der Waals surface area contributed by atoms with Crippen molar-refractivity contribution in [1.82, 2.24) is 0 Å². The van der Waals surface area contributed by atoms with Gasteiger partial charge in [-0.2, -0.15) is 0 Å². The third kappa shape index (κ3) is 6.96. The lowest BCUT2D eigenvalue weighted by atomic mass is 10.1. The van der Waals surface area contributed by atoms with Crippen LogP contribution in [0.4, 0.5) is 23.0 Å². The second-order valence-electron chi connectivity index (χ2n) is 6.52. The normalized spacial score (nSPS) is 11.8. The van der Waals surface area contributed by atoms with Crippen molar-refractivity contribution >= 4 is 55.8 Å². The monoisotopic (exact) mass is 571 g/mol. The van der Waals surface area contributed by atoms with Crippen LogP contribution in [0.15, 0.2) is 86.2 Å². The van der Waals surface area contributed by atoms with Crippen molar-refractivity contribution in [1.29, 1.82) is 0 Å². The Labute approximate surface area is 198 Å². The van der Waals surface area contributed by atoms with Crippen molar-refractivity contribution in [2.45, 2.75) is 0 Å². The highest BCUT2D eigenvalue weighted by Crippen LogP contribution is 2.25. The molecule has 0 atom stereocenters. The van der Waals surface area contributed by atoms with Gasteiger partial charge in [0.25, 0.3) is 0 Å². The lowest BCUT2D eigenvalue weighted by Crippen LogP contribution is -2.70. The number of benzene rings is 3. The molecule has 4 rings (SSSR count). The van der Waals surface area contributed by atoms with Gasteiger partial charge in [-0.15, -0.1) is 0 Å². The molecule has 3 aromatic carbocycles. The van der Waals surface area contributed by atoms with Crippen LogP contribution in [0, 0.1) is 0 Å². The number of methoxy groups -OCH3 is 1. The van der Waals surface area contributed by atoms with Crippen molar-refractivity contribution in [2.75, 3.05) is 7.11 Å². The van der Waals surface area contributed by atoms with Crippen LogP contribution in [0.1, 0.15) is 0 Å². The first-order valence-electron chi connectivity index (χ1n) is 9.23. The summed E-state index contributed by atoms with van der Waals surface area (Å²) in [5, 5.41) is 1.98. The minimum Gasteiger partial charge on any atom is -0.497 e. The summed E-state index contributed by atoms with van der Waals surface area (Å²) < 4.78 is 52.5. The number of halogens is 6. The molecule has 1 N–H and O–H groups in total. The van der Waals surface area contributed by atoms with Crippen LogP contribution in [0.2, 0.25) is 0 Å². The maximum Gasteiger partial charge on any atom is 0.673 e. The SMILES string of the molecule is COc1ccc(-c2cc(=[NH+]c3ccc(Br)cc3)c3cc(Br)ccc3o2)cc1.F[B-](F)(F)F. The molecule has 0 amide bonds. The summed E-state index contributed by atoms with van der Waals surface area (Å²) in [4.78, 5) is 3.51. The van der Waals surface area contributed by atoms with Gasteiger partial charge in [-0.25, -0.2) is 4.99 Å². The summed E-state index contributed by atoms with van der Waals surface area (Å²) >= 11 is 7.03. The zero-order valence-corrected chi connectivity index (χ0v) is 19.8. The van der Waals surface area contributed by atoms with E-state index < -0.39 is 7.25 Å². The molecule has 0 saturated heterocycles. The van der Waals surface area contributed by atoms with Gasteiger partial charge in [0.1, 0.15) is 17.1 Å². The van der Waals surface area contributed by atoms with Gasteiger partial charge in [0.05, 0.1) is 18.6 Å². The molecular formula is C22H16BBr2F4NO2. The summed E-state index contributed by atoms with van der Waals surface area (Å²) in [7, 11) is -4.34. The number of ether oxygens (including phenoxy) is 1. The summed E-state index contributed by atoms with van der Waals surface area (Å²) in [5.74, 6) is 1.60. The predicted octanol–water partition coefficient (Wildman–Crippen LogP) is 6.25. The first kappa shape index (κ1) is 24.1. The van der Waals surface area contributed by atoms with Gasteiger partial charge in [0.2, 0.25) is 11.0 Å². The Morgan fingerprint density at radius 3 is 2.00 bits per heavy atom. The molecule has 166 valence electrons. The largest absolute Gasteiger partial charge is 0.673 e. The number of rotatable bonds is 3. The fourth-order valence-corrected chi connectivity index (χ4v) is 3.47. The fraction of sp³-hybridized carbons (Fsp3) is 0.0455. The highest BCUT2D eigenvalue weighted by Gasteiger charge is 2.20. The van der Waals surface area contributed by atoms with Crippen LogP contribution in [-0.2, 0) is 0 Å². The molecule has 4 aromatic rings. The van der Waals surface area contributed by atoms with Gasteiger partial charge in [0.15, 0.2) is 0 Å². The summed E-state index contributed by atoms with van der Waals surface area (Å²) in [5.41, 5.74) is 2.80. The minimum atomic E-state index is -6.00. The van der Waals surface area contributed by atoms with E-state index in [0.29, 0.717) is 0 Å². The Morgan fingerprint density at radius 1 is 0.812 bits per heavy atom. The molecule has 10 heteroatoms. The van der Waals surface area contributed by atoms with Gasteiger partial charge in [-0.05, 0) is 54.6 Å². The van der Waals surface area contributed by atoms with Crippen LogP contribution in [0.3, 0.4) is 0 Å². The molecular weight excluding hydrogens is 557 g/mol. The smallest absolute Gasteiger partial charge is 0.497 e. The van der Waals surface area contributed by atoms with Gasteiger partial charge in [-0.1, -0.05) is 31.9 Å². The third-order valence-corrected chi connectivity index (χ3v) is 5.25. The van der Waals surface area contributed by atoms with E-state index in [9.17, 15) is 17.3 Å². The maximum absolute atomic E-state index is 9.75. The molecule has 0 aliphatic heterocycles. The molecule has 3 nitrogen and oxygen atoms in total. The van der Waals surface area contributed by atoms with Crippen molar-refractivity contribution in [2.24, 2.45) is 0 Å². The Kier molecular flexibility index (Phi) is 7.79. The lowest BCUT2D eigenvalue weighted by Gasteiger charge is -2.05. The Balaban J connectivity index is 0.000000523. The van der Waals surface area contributed by atoms with E-state index in [0.717, 1.165) is 48.0 Å². The third-order valence-electron chi connectivity index (χ3n) is 4.22. The zero-order chi connectivity index (χ0) is 23.3. The van der Waals surface area contributed by atoms with Crippen molar-refractivity contribution in [3.05, 3.63) is 87.1 Å². The van der Waals surface area contributed by atoms with Gasteiger partial charge < -0.3 is 26.4 Å². The van der Waals surface area contributed by atoms with Crippen molar-refractivity contribution < 1.29 is 31.4 Å². The van der Waals surface area contributed by atoms with E-state index in [1.807, 2.05) is 66.7 Å². The van der Waals surface area contributed by atoms with Gasteiger partial charge in [0, 0.05) is 26.6 Å². The molecule has 0 aliphatic carbocycles. The average Bonchev–Trinajstić information content (AvgIpc) is 2.74. The highest BCUT2D eigenvalue weighted by atomic mass is 79.9. The van der Waals surface area contributed by atoms with Crippen LogP contribution < -0.4 is 15.1 Å². The first-order valence-corrected chi connectivity index (χ1v) is 10.8. The van der Waals surface area contributed by atoms with Gasteiger partial charge in [-0.3, -0.25) is 0 Å². The number of nitrogens with one attached hydrogen (secondary N) is 1. The summed E-state index contributed by atoms with van der Waals surface area (Å²) in [6.45, 7) is 0. The summed E-state index contributed by atoms with van der Waals surface area (Å²) in [6.07, 6.45) is 0. The highest BCUT2D eigenvalue weighted by molar-refractivity contribution is 9.10. The van der Waals surface area contributed by atoms with E-state index in [1.54, 1.807) is 7.11 Å². The molecule has 0 saturated carbocycles. The van der Waals surface area contributed by atoms with Crippen molar-refractivity contribution in [3.8, 4) is 17.1 Å². The maximum atomic E-state index is 9.75. The van der Waals surface area contributed by atoms with E-state index in [-0.39, 0.29) is 0 Å². The standard InChI is InChI=1S/C22H15Br2NO2.BF4/c1-26-18-9-2-14(3-10-18)22-13-20(25-17-7-4-15(23)5-8-17)19-12-16(24)6-11-21(19)27-22;2-1(3,4)5/h2-13H,1H3;/q;-1/p+1. The summed E-state index contributed by atoms with van der Waals surface area (Å²) in [6, 6.07) is 24.0. The molecule has 32 heavy (non-hydrogen) atoms. The predicted molar refractivity (Wildman–Crippen MR) is 124 cm³/mol. The Bertz CT molecular complexity index is 1270. The molecule has 1 heterocycles. The number of fused-ring (bicyclic) bond motifs is 1. The minimum absolute atomic E-state index is 0.784. The van der Waals surface area contributed by atoms with Crippen LogP contribution in [0.25, 0.3) is 22.3 Å². The van der Waals surface area contributed by atoms with E-state index in [1.165, 1.54) is 0 Å². The average molecular weight is 573 g/mol. The lowest BCUT2D eigenvalue weighted by molar-refractivity contribution is -0.400. The van der Waals surface area contributed by atoms with Crippen LogP contribution >= 0.6 is 31.9 Å². The molecule has 0 radical (unpaired) electrons. The van der Waals surface area contributed by atoms with Crippen molar-refractivity contribution in [3.63, 3.8) is 0 Å². The van der Waals surface area contributed by atoms with E-state index >= 15 is 0 Å². The quantitative estimate of drug-likeness (QED) is 0.233. The molecule has 0 fully saturated rings. The Morgan fingerprint density at radius 2 is 1.41 bits per heavy atom.